The Kier molecular flexibility index (Phi) is 9.97. The molecule has 0 bridgehead atoms. The maximum absolute atomic E-state index is 14.9. The van der Waals surface area contributed by atoms with E-state index in [-0.39, 0.29) is 24.1 Å². The number of aliphatic hydroxyl groups excluding tert-OH is 1. The maximum atomic E-state index is 14.9. The highest BCUT2D eigenvalue weighted by atomic mass is 19.1. The highest BCUT2D eigenvalue weighted by Crippen LogP contribution is 2.22. The largest absolute Gasteiger partial charge is 0.390 e. The maximum Gasteiger partial charge on any atom is 0.251 e. The van der Waals surface area contributed by atoms with Gasteiger partial charge in [0.15, 0.2) is 0 Å². The van der Waals surface area contributed by atoms with Gasteiger partial charge in [0.25, 0.3) is 5.91 Å². The molecule has 1 amide bonds. The summed E-state index contributed by atoms with van der Waals surface area (Å²) < 4.78 is 47.9. The molecule has 3 aromatic rings. The Hall–Kier alpha value is -3.40. The number of aliphatic hydroxyl groups is 1. The van der Waals surface area contributed by atoms with E-state index >= 15 is 0 Å². The minimum atomic E-state index is -1.09. The summed E-state index contributed by atoms with van der Waals surface area (Å²) in [5.74, 6) is -2.64. The Morgan fingerprint density at radius 3 is 2.38 bits per heavy atom. The van der Waals surface area contributed by atoms with Crippen molar-refractivity contribution < 1.29 is 27.8 Å². The van der Waals surface area contributed by atoms with Crippen molar-refractivity contribution in [2.24, 2.45) is 0 Å². The second-order valence-electron chi connectivity index (χ2n) is 9.70. The zero-order valence-corrected chi connectivity index (χ0v) is 21.9. The minimum Gasteiger partial charge on any atom is -0.390 e. The Morgan fingerprint density at radius 1 is 0.974 bits per heavy atom. The van der Waals surface area contributed by atoms with Crippen molar-refractivity contribution in [1.29, 1.82) is 0 Å². The van der Waals surface area contributed by atoms with Gasteiger partial charge in [-0.3, -0.25) is 4.79 Å². The number of amides is 1. The molecule has 0 radical (unpaired) electrons. The molecule has 1 fully saturated rings. The number of nitrogens with one attached hydrogen (secondary N) is 2. The number of aryl methyl sites for hydroxylation is 1. The second-order valence-corrected chi connectivity index (χ2v) is 9.70. The zero-order valence-electron chi connectivity index (χ0n) is 21.9. The summed E-state index contributed by atoms with van der Waals surface area (Å²) in [5.41, 5.74) is 2.99. The smallest absolute Gasteiger partial charge is 0.251 e. The molecule has 2 atom stereocenters. The third kappa shape index (κ3) is 8.05. The first-order valence-corrected chi connectivity index (χ1v) is 13.2. The van der Waals surface area contributed by atoms with Crippen LogP contribution < -0.4 is 15.5 Å². The number of hydrogen-bond donors (Lipinski definition) is 3. The molecule has 1 heterocycles. The summed E-state index contributed by atoms with van der Waals surface area (Å²) in [6.07, 6.45) is -0.210. The van der Waals surface area contributed by atoms with Crippen LogP contribution in [0, 0.1) is 17.5 Å². The molecule has 3 N–H and O–H groups in total. The van der Waals surface area contributed by atoms with Gasteiger partial charge in [0.2, 0.25) is 0 Å². The lowest BCUT2D eigenvalue weighted by Gasteiger charge is -2.29. The number of ether oxygens (including phenoxy) is 1. The summed E-state index contributed by atoms with van der Waals surface area (Å²) in [5, 5.41) is 16.9. The molecule has 1 saturated heterocycles. The fraction of sp³-hybridized carbons (Fsp3) is 0.367. The van der Waals surface area contributed by atoms with Gasteiger partial charge in [0, 0.05) is 37.8 Å². The molecule has 0 spiro atoms. The lowest BCUT2D eigenvalue weighted by atomic mass is 10.00. The Morgan fingerprint density at radius 2 is 1.69 bits per heavy atom. The average Bonchev–Trinajstić information content (AvgIpc) is 2.92. The summed E-state index contributed by atoms with van der Waals surface area (Å²) in [4.78, 5) is 15.0. The molecule has 9 heteroatoms. The van der Waals surface area contributed by atoms with Crippen molar-refractivity contribution in [3.05, 3.63) is 100 Å². The van der Waals surface area contributed by atoms with Crippen LogP contribution in [-0.4, -0.2) is 56.0 Å². The van der Waals surface area contributed by atoms with Crippen molar-refractivity contribution in [3.8, 4) is 0 Å². The van der Waals surface area contributed by atoms with E-state index in [1.54, 1.807) is 6.07 Å². The van der Waals surface area contributed by atoms with Gasteiger partial charge < -0.3 is 25.4 Å². The number of carbonyl (C=O) groups excluding carboxylic acids is 1. The highest BCUT2D eigenvalue weighted by Gasteiger charge is 2.24. The van der Waals surface area contributed by atoms with Gasteiger partial charge >= 0.3 is 0 Å². The molecule has 1 aliphatic rings. The van der Waals surface area contributed by atoms with Gasteiger partial charge in [-0.15, -0.1) is 0 Å². The van der Waals surface area contributed by atoms with E-state index in [1.807, 2.05) is 23.1 Å². The number of benzene rings is 3. The molecule has 1 aliphatic heterocycles. The number of anilines is 1. The first-order valence-electron chi connectivity index (χ1n) is 13.2. The summed E-state index contributed by atoms with van der Waals surface area (Å²) >= 11 is 0. The SMILES string of the molecule is CCc1cccc(CNC[C@H](O)[C@H](Cc2cc(F)cc(F)c2)NC(=O)c2ccc(N3CCOCC3)c(F)c2)c1. The van der Waals surface area contributed by atoms with Crippen LogP contribution in [0.25, 0.3) is 0 Å². The fourth-order valence-electron chi connectivity index (χ4n) is 4.69. The van der Waals surface area contributed by atoms with Crippen LogP contribution in [0.2, 0.25) is 0 Å². The zero-order chi connectivity index (χ0) is 27.8. The number of morpholine rings is 1. The summed E-state index contributed by atoms with van der Waals surface area (Å²) in [7, 11) is 0. The molecule has 6 nitrogen and oxygen atoms in total. The van der Waals surface area contributed by atoms with Crippen molar-refractivity contribution in [2.45, 2.75) is 38.5 Å². The Labute approximate surface area is 226 Å². The Balaban J connectivity index is 1.46. The molecule has 0 aliphatic carbocycles. The Bertz CT molecular complexity index is 1250. The van der Waals surface area contributed by atoms with Crippen LogP contribution in [-0.2, 0) is 24.1 Å². The lowest BCUT2D eigenvalue weighted by molar-refractivity contribution is 0.0829. The quantitative estimate of drug-likeness (QED) is 0.342. The molecule has 0 saturated carbocycles. The molecule has 0 unspecified atom stereocenters. The molecular formula is C30H34F3N3O3. The fourth-order valence-corrected chi connectivity index (χ4v) is 4.69. The molecule has 3 aromatic carbocycles. The summed E-state index contributed by atoms with van der Waals surface area (Å²) in [6, 6.07) is 14.5. The van der Waals surface area contributed by atoms with Crippen LogP contribution in [0.3, 0.4) is 0 Å². The molecule has 4 rings (SSSR count). The van der Waals surface area contributed by atoms with Crippen molar-refractivity contribution in [3.63, 3.8) is 0 Å². The molecule has 0 aromatic heterocycles. The minimum absolute atomic E-state index is 0.0249. The van der Waals surface area contributed by atoms with Crippen LogP contribution in [0.15, 0.2) is 60.7 Å². The van der Waals surface area contributed by atoms with Crippen LogP contribution in [0.5, 0.6) is 0 Å². The van der Waals surface area contributed by atoms with Gasteiger partial charge in [0.05, 0.1) is 31.0 Å². The van der Waals surface area contributed by atoms with E-state index in [4.69, 9.17) is 4.74 Å². The van der Waals surface area contributed by atoms with Gasteiger partial charge in [-0.25, -0.2) is 13.2 Å². The van der Waals surface area contributed by atoms with E-state index in [1.165, 1.54) is 11.6 Å². The van der Waals surface area contributed by atoms with E-state index in [9.17, 15) is 23.1 Å². The molecular weight excluding hydrogens is 507 g/mol. The number of halogens is 3. The van der Waals surface area contributed by atoms with Crippen LogP contribution >= 0.6 is 0 Å². The summed E-state index contributed by atoms with van der Waals surface area (Å²) in [6.45, 7) is 4.78. The highest BCUT2D eigenvalue weighted by molar-refractivity contribution is 5.94. The van der Waals surface area contributed by atoms with Gasteiger partial charge in [0.1, 0.15) is 17.5 Å². The number of hydrogen-bond acceptors (Lipinski definition) is 5. The van der Waals surface area contributed by atoms with Gasteiger partial charge in [-0.1, -0.05) is 31.2 Å². The predicted molar refractivity (Wildman–Crippen MR) is 144 cm³/mol. The van der Waals surface area contributed by atoms with Gasteiger partial charge in [-0.2, -0.15) is 0 Å². The number of carbonyl (C=O) groups is 1. The monoisotopic (exact) mass is 541 g/mol. The number of nitrogens with zero attached hydrogens (tertiary/aromatic N) is 1. The van der Waals surface area contributed by atoms with E-state index in [0.717, 1.165) is 36.2 Å². The van der Waals surface area contributed by atoms with E-state index < -0.39 is 35.5 Å². The predicted octanol–water partition coefficient (Wildman–Crippen LogP) is 3.99. The van der Waals surface area contributed by atoms with Crippen molar-refractivity contribution >= 4 is 11.6 Å². The topological polar surface area (TPSA) is 73.8 Å². The standard InChI is InChI=1S/C30H34F3N3O3/c1-2-20-4-3-5-21(12-20)18-34-19-29(37)27(15-22-13-24(31)17-25(32)14-22)35-30(38)23-6-7-28(26(33)16-23)36-8-10-39-11-9-36/h3-7,12-14,16-17,27,29,34,37H,2,8-11,15,18-19H2,1H3,(H,35,38)/t27-,29-/m0/s1. The van der Waals surface area contributed by atoms with Crippen molar-refractivity contribution in [1.82, 2.24) is 10.6 Å². The number of rotatable bonds is 11. The van der Waals surface area contributed by atoms with Crippen LogP contribution in [0.4, 0.5) is 18.9 Å². The normalized spacial score (nSPS) is 15.2. The van der Waals surface area contributed by atoms with Crippen molar-refractivity contribution in [2.75, 3.05) is 37.7 Å². The molecule has 39 heavy (non-hydrogen) atoms. The lowest BCUT2D eigenvalue weighted by Crippen LogP contribution is -2.48. The average molecular weight is 542 g/mol. The van der Waals surface area contributed by atoms with E-state index in [0.29, 0.717) is 38.5 Å². The first-order chi connectivity index (χ1) is 18.8. The first kappa shape index (κ1) is 28.6. The van der Waals surface area contributed by atoms with Crippen LogP contribution in [0.1, 0.15) is 34.0 Å². The third-order valence-corrected chi connectivity index (χ3v) is 6.80. The molecule has 208 valence electrons. The third-order valence-electron chi connectivity index (χ3n) is 6.80. The van der Waals surface area contributed by atoms with Gasteiger partial charge in [-0.05, 0) is 59.9 Å². The second kappa shape index (κ2) is 13.6. The van der Waals surface area contributed by atoms with E-state index in [2.05, 4.69) is 23.6 Å².